The number of rotatable bonds is 10. The molecule has 1 rings (SSSR count). The van der Waals surface area contributed by atoms with Crippen molar-refractivity contribution in [2.45, 2.75) is 43.5 Å². The van der Waals surface area contributed by atoms with Gasteiger partial charge in [-0.05, 0) is 6.42 Å². The van der Waals surface area contributed by atoms with Gasteiger partial charge in [0.05, 0.1) is 29.9 Å². The minimum Gasteiger partial charge on any atom is -0.748 e. The van der Waals surface area contributed by atoms with Crippen LogP contribution in [0.3, 0.4) is 0 Å². The Balaban J connectivity index is 0.00000676. The van der Waals surface area contributed by atoms with Gasteiger partial charge in [-0.25, -0.2) is 13.2 Å². The van der Waals surface area contributed by atoms with E-state index in [1.807, 2.05) is 0 Å². The van der Waals surface area contributed by atoms with Crippen LogP contribution in [0.15, 0.2) is 0 Å². The minimum atomic E-state index is -4.32. The molecule has 0 unspecified atom stereocenters. The second-order valence-electron chi connectivity index (χ2n) is 5.60. The summed E-state index contributed by atoms with van der Waals surface area (Å²) in [5.41, 5.74) is 0. The van der Waals surface area contributed by atoms with Gasteiger partial charge in [0.2, 0.25) is 0 Å². The number of carbonyl (C=O) groups is 1. The minimum absolute atomic E-state index is 0. The number of aliphatic hydroxyl groups excluding tert-OH is 4. The van der Waals surface area contributed by atoms with Crippen molar-refractivity contribution in [3.63, 3.8) is 0 Å². The molecule has 1 saturated heterocycles. The number of nitrogens with one attached hydrogen (secondary N) is 1. The van der Waals surface area contributed by atoms with E-state index in [4.69, 9.17) is 19.3 Å². The van der Waals surface area contributed by atoms with Gasteiger partial charge >= 0.3 is 35.7 Å². The third kappa shape index (κ3) is 10.3. The average Bonchev–Trinajstić information content (AvgIpc) is 2.57. The molecule has 14 heteroatoms. The van der Waals surface area contributed by atoms with Crippen LogP contribution in [0.5, 0.6) is 0 Å². The van der Waals surface area contributed by atoms with Crippen LogP contribution in [0.1, 0.15) is 12.8 Å². The second kappa shape index (κ2) is 13.2. The predicted octanol–water partition coefficient (Wildman–Crippen LogP) is -6.14. The molecule has 12 nitrogen and oxygen atoms in total. The van der Waals surface area contributed by atoms with Crippen LogP contribution in [-0.4, -0.2) is 102 Å². The van der Waals surface area contributed by atoms with Gasteiger partial charge < -0.3 is 44.5 Å². The van der Waals surface area contributed by atoms with Crippen molar-refractivity contribution in [2.75, 3.05) is 32.1 Å². The number of aliphatic hydroxyl groups is 4. The molecule has 0 radical (unpaired) electrons. The summed E-state index contributed by atoms with van der Waals surface area (Å²) >= 11 is 0. The first-order valence-electron chi connectivity index (χ1n) is 7.92. The molecule has 1 aliphatic heterocycles. The second-order valence-corrected chi connectivity index (χ2v) is 7.12. The van der Waals surface area contributed by atoms with E-state index in [2.05, 4.69) is 5.32 Å². The quantitative estimate of drug-likeness (QED) is 0.127. The van der Waals surface area contributed by atoms with Crippen molar-refractivity contribution in [1.29, 1.82) is 0 Å². The van der Waals surface area contributed by atoms with Crippen LogP contribution in [0.2, 0.25) is 0 Å². The Morgan fingerprint density at radius 2 is 1.78 bits per heavy atom. The predicted molar refractivity (Wildman–Crippen MR) is 82.9 cm³/mol. The molecule has 0 aromatic heterocycles. The van der Waals surface area contributed by atoms with E-state index in [1.165, 1.54) is 0 Å². The fraction of sp³-hybridized carbons (Fsp3) is 0.923. The summed E-state index contributed by atoms with van der Waals surface area (Å²) in [5, 5.41) is 40.3. The largest absolute Gasteiger partial charge is 1.00 e. The molecule has 0 aromatic carbocycles. The van der Waals surface area contributed by atoms with Crippen molar-refractivity contribution in [3.05, 3.63) is 0 Å². The Bertz CT molecular complexity index is 532. The van der Waals surface area contributed by atoms with Gasteiger partial charge in [0.1, 0.15) is 24.4 Å². The topological polar surface area (TPSA) is 195 Å². The zero-order chi connectivity index (χ0) is 19.7. The third-order valence-corrected chi connectivity index (χ3v) is 4.28. The van der Waals surface area contributed by atoms with E-state index >= 15 is 0 Å². The Labute approximate surface area is 178 Å². The zero-order valence-electron chi connectivity index (χ0n) is 14.9. The summed E-state index contributed by atoms with van der Waals surface area (Å²) in [5.74, 6) is -0.583. The number of alkyl carbamates (subject to hydrolysis) is 1. The monoisotopic (exact) mass is 425 g/mol. The van der Waals surface area contributed by atoms with Crippen molar-refractivity contribution in [2.24, 2.45) is 0 Å². The number of hydrogen-bond donors (Lipinski definition) is 5. The molecule has 5 N–H and O–H groups in total. The van der Waals surface area contributed by atoms with E-state index in [0.717, 1.165) is 0 Å². The Kier molecular flexibility index (Phi) is 13.2. The molecule has 0 saturated carbocycles. The summed E-state index contributed by atoms with van der Waals surface area (Å²) in [4.78, 5) is 11.3. The molecular weight excluding hydrogens is 401 g/mol. The van der Waals surface area contributed by atoms with Crippen LogP contribution in [0.25, 0.3) is 0 Å². The maximum Gasteiger partial charge on any atom is 1.00 e. The van der Waals surface area contributed by atoms with Gasteiger partial charge in [-0.2, -0.15) is 0 Å². The SMILES string of the molecule is O=C(NCCCS(=O)(=O)[O-])OCCCO[C@@H]1O[C@H](CO)[C@@H](O)[C@H](O)[C@H]1O.[Na+]. The van der Waals surface area contributed by atoms with Gasteiger partial charge in [-0.3, -0.25) is 0 Å². The van der Waals surface area contributed by atoms with E-state index in [1.54, 1.807) is 0 Å². The molecule has 1 aliphatic rings. The van der Waals surface area contributed by atoms with Gasteiger partial charge in [0, 0.05) is 18.7 Å². The number of hydrogen-bond acceptors (Lipinski definition) is 11. The Morgan fingerprint density at radius 1 is 1.11 bits per heavy atom. The number of ether oxygens (including phenoxy) is 3. The average molecular weight is 425 g/mol. The van der Waals surface area contributed by atoms with Gasteiger partial charge in [-0.1, -0.05) is 0 Å². The van der Waals surface area contributed by atoms with Gasteiger partial charge in [0.25, 0.3) is 0 Å². The molecule has 0 aliphatic carbocycles. The Morgan fingerprint density at radius 3 is 2.37 bits per heavy atom. The maximum absolute atomic E-state index is 11.3. The van der Waals surface area contributed by atoms with E-state index in [-0.39, 0.29) is 62.2 Å². The van der Waals surface area contributed by atoms with Gasteiger partial charge in [-0.15, -0.1) is 0 Å². The summed E-state index contributed by atoms with van der Waals surface area (Å²) in [6.07, 6.45) is -7.44. The first-order valence-corrected chi connectivity index (χ1v) is 9.49. The van der Waals surface area contributed by atoms with Gasteiger partial charge in [0.15, 0.2) is 6.29 Å². The van der Waals surface area contributed by atoms with Crippen LogP contribution in [-0.2, 0) is 24.3 Å². The standard InChI is InChI=1S/C13H25NO11S.Na/c15-7-8-9(16)10(17)11(18)12(25-8)23-4-2-5-24-13(19)14-3-1-6-26(20,21)22;/h8-12,15-18H,1-7H2,(H,14,19)(H,20,21,22);/q;+1/p-1/t8-,9-,10+,11-,12-;/m1./s1. The van der Waals surface area contributed by atoms with E-state index in [0.29, 0.717) is 0 Å². The van der Waals surface area contributed by atoms with Crippen LogP contribution in [0.4, 0.5) is 4.79 Å². The molecule has 0 aromatic rings. The van der Waals surface area contributed by atoms with Crippen LogP contribution >= 0.6 is 0 Å². The van der Waals surface area contributed by atoms with E-state index in [9.17, 15) is 33.1 Å². The fourth-order valence-corrected chi connectivity index (χ4v) is 2.62. The molecule has 154 valence electrons. The first-order chi connectivity index (χ1) is 12.2. The van der Waals surface area contributed by atoms with Crippen molar-refractivity contribution in [3.8, 4) is 0 Å². The molecule has 27 heavy (non-hydrogen) atoms. The molecular formula is C13H24NNaO11S. The van der Waals surface area contributed by atoms with E-state index < -0.39 is 59.3 Å². The first kappa shape index (κ1) is 26.9. The molecule has 1 fully saturated rings. The molecule has 0 bridgehead atoms. The van der Waals surface area contributed by atoms with Crippen molar-refractivity contribution in [1.82, 2.24) is 5.32 Å². The smallest absolute Gasteiger partial charge is 0.748 e. The maximum atomic E-state index is 11.3. The normalized spacial score (nSPS) is 28.3. The van der Waals surface area contributed by atoms with Crippen LogP contribution < -0.4 is 34.9 Å². The summed E-state index contributed by atoms with van der Waals surface area (Å²) < 4.78 is 46.2. The molecule has 1 amide bonds. The number of amides is 1. The summed E-state index contributed by atoms with van der Waals surface area (Å²) in [7, 11) is -4.32. The number of carbonyl (C=O) groups excluding carboxylic acids is 1. The third-order valence-electron chi connectivity index (χ3n) is 3.49. The summed E-state index contributed by atoms with van der Waals surface area (Å²) in [6.45, 7) is -0.656. The van der Waals surface area contributed by atoms with Crippen molar-refractivity contribution >= 4 is 16.2 Å². The summed E-state index contributed by atoms with van der Waals surface area (Å²) in [6, 6.07) is 0. The zero-order valence-corrected chi connectivity index (χ0v) is 17.7. The fourth-order valence-electron chi connectivity index (χ4n) is 2.12. The van der Waals surface area contributed by atoms with Crippen LogP contribution in [0, 0.1) is 0 Å². The Hall–Kier alpha value is -0.0600. The molecule has 0 spiro atoms. The molecule has 5 atom stereocenters. The van der Waals surface area contributed by atoms with Crippen molar-refractivity contribution < 1.29 is 82.0 Å². The molecule has 1 heterocycles.